The van der Waals surface area contributed by atoms with Crippen LogP contribution in [0.4, 0.5) is 0 Å². The molecule has 0 bridgehead atoms. The molecule has 1 aliphatic heterocycles. The summed E-state index contributed by atoms with van der Waals surface area (Å²) < 4.78 is 0. The topological polar surface area (TPSA) is 40.6 Å². The molecule has 0 aromatic heterocycles. The van der Waals surface area contributed by atoms with Gasteiger partial charge in [-0.05, 0) is 26.7 Å². The van der Waals surface area contributed by atoms with Crippen LogP contribution in [0.25, 0.3) is 0 Å². The zero-order chi connectivity index (χ0) is 11.7. The summed E-state index contributed by atoms with van der Waals surface area (Å²) >= 11 is 0. The van der Waals surface area contributed by atoms with Crippen molar-refractivity contribution in [3.05, 3.63) is 0 Å². The van der Waals surface area contributed by atoms with E-state index >= 15 is 0 Å². The molecule has 90 valence electrons. The van der Waals surface area contributed by atoms with Crippen molar-refractivity contribution in [2.75, 3.05) is 19.6 Å². The van der Waals surface area contributed by atoms with Gasteiger partial charge in [-0.3, -0.25) is 9.59 Å². The third-order valence-electron chi connectivity index (χ3n) is 3.57. The number of carbonyl (C=O) groups is 2. The molecular formula is C12H20N2O2. The van der Waals surface area contributed by atoms with Gasteiger partial charge in [-0.1, -0.05) is 0 Å². The number of amides is 2. The Labute approximate surface area is 96.6 Å². The van der Waals surface area contributed by atoms with Gasteiger partial charge in [0.05, 0.1) is 5.92 Å². The Bertz CT molecular complexity index is 295. The highest BCUT2D eigenvalue weighted by atomic mass is 16.2. The van der Waals surface area contributed by atoms with Crippen molar-refractivity contribution in [1.82, 2.24) is 9.80 Å². The standard InChI is InChI=1S/C12H20N2O2/c1-3-13(4-2)12(16)9-7-11(15)14(8-9)10-5-6-10/h9-10H,3-8H2,1-2H3. The number of likely N-dealkylation sites (tertiary alicyclic amines) is 1. The molecule has 2 fully saturated rings. The third kappa shape index (κ3) is 2.06. The SMILES string of the molecule is CCN(CC)C(=O)C1CC(=O)N(C2CC2)C1. The van der Waals surface area contributed by atoms with Gasteiger partial charge in [0.15, 0.2) is 0 Å². The number of hydrogen-bond acceptors (Lipinski definition) is 2. The van der Waals surface area contributed by atoms with Gasteiger partial charge in [0.2, 0.25) is 11.8 Å². The van der Waals surface area contributed by atoms with Crippen LogP contribution in [0.15, 0.2) is 0 Å². The predicted octanol–water partition coefficient (Wildman–Crippen LogP) is 0.866. The molecule has 0 spiro atoms. The van der Waals surface area contributed by atoms with Crippen LogP contribution in [0.2, 0.25) is 0 Å². The third-order valence-corrected chi connectivity index (χ3v) is 3.57. The monoisotopic (exact) mass is 224 g/mol. The first-order valence-electron chi connectivity index (χ1n) is 6.25. The minimum Gasteiger partial charge on any atom is -0.343 e. The molecule has 1 heterocycles. The van der Waals surface area contributed by atoms with Gasteiger partial charge in [-0.15, -0.1) is 0 Å². The molecule has 0 radical (unpaired) electrons. The molecule has 2 rings (SSSR count). The molecule has 4 nitrogen and oxygen atoms in total. The molecule has 0 N–H and O–H groups in total. The second-order valence-electron chi connectivity index (χ2n) is 4.69. The van der Waals surface area contributed by atoms with E-state index in [1.165, 1.54) is 0 Å². The molecule has 2 amide bonds. The van der Waals surface area contributed by atoms with E-state index in [1.807, 2.05) is 23.6 Å². The Balaban J connectivity index is 1.96. The molecule has 2 aliphatic rings. The zero-order valence-electron chi connectivity index (χ0n) is 10.1. The van der Waals surface area contributed by atoms with Crippen molar-refractivity contribution in [1.29, 1.82) is 0 Å². The zero-order valence-corrected chi connectivity index (χ0v) is 10.1. The van der Waals surface area contributed by atoms with Gasteiger partial charge >= 0.3 is 0 Å². The largest absolute Gasteiger partial charge is 0.343 e. The van der Waals surface area contributed by atoms with Gasteiger partial charge < -0.3 is 9.80 Å². The maximum absolute atomic E-state index is 12.1. The summed E-state index contributed by atoms with van der Waals surface area (Å²) in [6, 6.07) is 0.446. The minimum atomic E-state index is -0.0898. The van der Waals surface area contributed by atoms with Crippen LogP contribution in [0.5, 0.6) is 0 Å². The first kappa shape index (κ1) is 11.4. The van der Waals surface area contributed by atoms with Crippen molar-refractivity contribution < 1.29 is 9.59 Å². The summed E-state index contributed by atoms with van der Waals surface area (Å²) in [5.74, 6) is 0.238. The van der Waals surface area contributed by atoms with E-state index < -0.39 is 0 Å². The molecule has 1 saturated heterocycles. The quantitative estimate of drug-likeness (QED) is 0.711. The summed E-state index contributed by atoms with van der Waals surface area (Å²) in [4.78, 5) is 27.6. The predicted molar refractivity (Wildman–Crippen MR) is 60.8 cm³/mol. The van der Waals surface area contributed by atoms with Crippen molar-refractivity contribution >= 4 is 11.8 Å². The number of hydrogen-bond donors (Lipinski definition) is 0. The normalized spacial score (nSPS) is 25.0. The smallest absolute Gasteiger partial charge is 0.227 e. The number of rotatable bonds is 4. The molecule has 1 unspecified atom stereocenters. The first-order valence-corrected chi connectivity index (χ1v) is 6.25. The number of carbonyl (C=O) groups excluding carboxylic acids is 2. The summed E-state index contributed by atoms with van der Waals surface area (Å²) in [7, 11) is 0. The van der Waals surface area contributed by atoms with E-state index in [4.69, 9.17) is 0 Å². The maximum Gasteiger partial charge on any atom is 0.227 e. The second-order valence-corrected chi connectivity index (χ2v) is 4.69. The fourth-order valence-electron chi connectivity index (χ4n) is 2.43. The molecule has 1 atom stereocenters. The molecule has 0 aromatic carbocycles. The van der Waals surface area contributed by atoms with Crippen LogP contribution in [0.3, 0.4) is 0 Å². The highest BCUT2D eigenvalue weighted by Gasteiger charge is 2.42. The lowest BCUT2D eigenvalue weighted by molar-refractivity contribution is -0.135. The average Bonchev–Trinajstić information content (AvgIpc) is 3.04. The Morgan fingerprint density at radius 1 is 1.38 bits per heavy atom. The Hall–Kier alpha value is -1.06. The van der Waals surface area contributed by atoms with E-state index in [0.29, 0.717) is 19.0 Å². The molecular weight excluding hydrogens is 204 g/mol. The van der Waals surface area contributed by atoms with Gasteiger partial charge in [0.25, 0.3) is 0 Å². The lowest BCUT2D eigenvalue weighted by atomic mass is 10.1. The lowest BCUT2D eigenvalue weighted by Crippen LogP contribution is -2.37. The summed E-state index contributed by atoms with van der Waals surface area (Å²) in [5.41, 5.74) is 0. The maximum atomic E-state index is 12.1. The summed E-state index contributed by atoms with van der Waals surface area (Å²) in [5, 5.41) is 0. The van der Waals surface area contributed by atoms with Gasteiger partial charge in [0.1, 0.15) is 0 Å². The average molecular weight is 224 g/mol. The van der Waals surface area contributed by atoms with Crippen LogP contribution >= 0.6 is 0 Å². The summed E-state index contributed by atoms with van der Waals surface area (Å²) in [6.07, 6.45) is 2.67. The molecule has 1 saturated carbocycles. The van der Waals surface area contributed by atoms with Gasteiger partial charge in [0, 0.05) is 32.1 Å². The van der Waals surface area contributed by atoms with Gasteiger partial charge in [-0.2, -0.15) is 0 Å². The van der Waals surface area contributed by atoms with Crippen molar-refractivity contribution in [3.63, 3.8) is 0 Å². The van der Waals surface area contributed by atoms with E-state index in [9.17, 15) is 9.59 Å². The fourth-order valence-corrected chi connectivity index (χ4v) is 2.43. The van der Waals surface area contributed by atoms with E-state index in [0.717, 1.165) is 25.9 Å². The van der Waals surface area contributed by atoms with E-state index in [1.54, 1.807) is 0 Å². The molecule has 16 heavy (non-hydrogen) atoms. The fraction of sp³-hybridized carbons (Fsp3) is 0.833. The van der Waals surface area contributed by atoms with Crippen molar-refractivity contribution in [2.24, 2.45) is 5.92 Å². The lowest BCUT2D eigenvalue weighted by Gasteiger charge is -2.22. The second kappa shape index (κ2) is 4.44. The highest BCUT2D eigenvalue weighted by molar-refractivity contribution is 5.89. The van der Waals surface area contributed by atoms with Gasteiger partial charge in [-0.25, -0.2) is 0 Å². The van der Waals surface area contributed by atoms with Crippen LogP contribution in [0, 0.1) is 5.92 Å². The molecule has 0 aromatic rings. The summed E-state index contributed by atoms with van der Waals surface area (Å²) in [6.45, 7) is 6.10. The minimum absolute atomic E-state index is 0.0898. The number of nitrogens with zero attached hydrogens (tertiary/aromatic N) is 2. The van der Waals surface area contributed by atoms with Crippen LogP contribution in [0.1, 0.15) is 33.1 Å². The Kier molecular flexibility index (Phi) is 3.17. The van der Waals surface area contributed by atoms with E-state index in [-0.39, 0.29) is 17.7 Å². The van der Waals surface area contributed by atoms with Crippen molar-refractivity contribution in [2.45, 2.75) is 39.2 Å². The highest BCUT2D eigenvalue weighted by Crippen LogP contribution is 2.33. The first-order chi connectivity index (χ1) is 7.67. The van der Waals surface area contributed by atoms with Crippen LogP contribution < -0.4 is 0 Å². The Morgan fingerprint density at radius 3 is 2.50 bits per heavy atom. The Morgan fingerprint density at radius 2 is 2.00 bits per heavy atom. The van der Waals surface area contributed by atoms with Crippen LogP contribution in [-0.4, -0.2) is 47.3 Å². The van der Waals surface area contributed by atoms with E-state index in [2.05, 4.69) is 0 Å². The van der Waals surface area contributed by atoms with Crippen LogP contribution in [-0.2, 0) is 9.59 Å². The van der Waals surface area contributed by atoms with Crippen molar-refractivity contribution in [3.8, 4) is 0 Å². The molecule has 1 aliphatic carbocycles. The molecule has 4 heteroatoms.